The Morgan fingerprint density at radius 1 is 1.50 bits per heavy atom. The predicted molar refractivity (Wildman–Crippen MR) is 66.0 cm³/mol. The van der Waals surface area contributed by atoms with Crippen molar-refractivity contribution >= 4 is 12.4 Å². The topological polar surface area (TPSA) is 41.3 Å². The lowest BCUT2D eigenvalue weighted by atomic mass is 10.2. The van der Waals surface area contributed by atoms with Crippen molar-refractivity contribution in [3.63, 3.8) is 0 Å². The highest BCUT2D eigenvalue weighted by Crippen LogP contribution is 2.11. The summed E-state index contributed by atoms with van der Waals surface area (Å²) in [6, 6.07) is 0.566. The summed E-state index contributed by atoms with van der Waals surface area (Å²) in [7, 11) is 0. The Bertz CT molecular complexity index is 320. The minimum absolute atomic E-state index is 0. The molecule has 2 heterocycles. The lowest BCUT2D eigenvalue weighted by Crippen LogP contribution is -2.48. The smallest absolute Gasteiger partial charge is 0.208 e. The Morgan fingerprint density at radius 2 is 2.25 bits per heavy atom. The number of aromatic nitrogens is 1. The van der Waals surface area contributed by atoms with Crippen LogP contribution in [0.4, 0.5) is 0 Å². The fourth-order valence-electron chi connectivity index (χ4n) is 1.95. The maximum Gasteiger partial charge on any atom is 0.208 e. The molecular formula is C11H20ClN3O. The van der Waals surface area contributed by atoms with Crippen molar-refractivity contribution in [2.45, 2.75) is 33.4 Å². The van der Waals surface area contributed by atoms with Crippen molar-refractivity contribution in [2.24, 2.45) is 0 Å². The first kappa shape index (κ1) is 13.5. The monoisotopic (exact) mass is 245 g/mol. The summed E-state index contributed by atoms with van der Waals surface area (Å²) in [6.07, 6.45) is 0. The number of oxazole rings is 1. The largest absolute Gasteiger partial charge is 0.444 e. The molecule has 5 heteroatoms. The summed E-state index contributed by atoms with van der Waals surface area (Å²) in [6.45, 7) is 10.2. The molecule has 0 spiro atoms. The second-order valence-electron chi connectivity index (χ2n) is 4.34. The van der Waals surface area contributed by atoms with E-state index >= 15 is 0 Å². The van der Waals surface area contributed by atoms with E-state index in [0.717, 1.165) is 43.5 Å². The normalized spacial score (nSPS) is 21.8. The summed E-state index contributed by atoms with van der Waals surface area (Å²) in [4.78, 5) is 6.78. The van der Waals surface area contributed by atoms with Crippen LogP contribution in [0.15, 0.2) is 4.42 Å². The molecule has 1 atom stereocenters. The first-order valence-corrected chi connectivity index (χ1v) is 5.54. The van der Waals surface area contributed by atoms with Crippen LogP contribution in [0.3, 0.4) is 0 Å². The molecule has 2 rings (SSSR count). The van der Waals surface area contributed by atoms with Gasteiger partial charge in [0.25, 0.3) is 0 Å². The number of piperazine rings is 1. The van der Waals surface area contributed by atoms with Gasteiger partial charge in [0.2, 0.25) is 5.89 Å². The molecule has 92 valence electrons. The van der Waals surface area contributed by atoms with E-state index in [0.29, 0.717) is 6.04 Å². The molecule has 1 saturated heterocycles. The van der Waals surface area contributed by atoms with Crippen molar-refractivity contribution < 1.29 is 4.42 Å². The van der Waals surface area contributed by atoms with E-state index in [2.05, 4.69) is 22.1 Å². The molecule has 1 aliphatic rings. The van der Waals surface area contributed by atoms with Crippen molar-refractivity contribution in [1.29, 1.82) is 0 Å². The fraction of sp³-hybridized carbons (Fsp3) is 0.727. The minimum Gasteiger partial charge on any atom is -0.444 e. The van der Waals surface area contributed by atoms with Crippen LogP contribution in [0.5, 0.6) is 0 Å². The van der Waals surface area contributed by atoms with E-state index in [1.54, 1.807) is 0 Å². The summed E-state index contributed by atoms with van der Waals surface area (Å²) in [5.74, 6) is 1.78. The maximum atomic E-state index is 5.58. The molecule has 1 N–H and O–H groups in total. The van der Waals surface area contributed by atoms with E-state index < -0.39 is 0 Å². The number of nitrogens with zero attached hydrogens (tertiary/aromatic N) is 2. The van der Waals surface area contributed by atoms with Crippen molar-refractivity contribution in [1.82, 2.24) is 15.2 Å². The second kappa shape index (κ2) is 5.66. The van der Waals surface area contributed by atoms with Gasteiger partial charge in [0.15, 0.2) is 0 Å². The van der Waals surface area contributed by atoms with Crippen LogP contribution >= 0.6 is 12.4 Å². The number of hydrogen-bond donors (Lipinski definition) is 1. The van der Waals surface area contributed by atoms with E-state index in [1.165, 1.54) is 0 Å². The van der Waals surface area contributed by atoms with Crippen molar-refractivity contribution in [3.8, 4) is 0 Å². The number of aryl methyl sites for hydroxylation is 2. The van der Waals surface area contributed by atoms with Gasteiger partial charge in [0.05, 0.1) is 12.2 Å². The zero-order chi connectivity index (χ0) is 10.8. The highest BCUT2D eigenvalue weighted by Gasteiger charge is 2.17. The van der Waals surface area contributed by atoms with Crippen LogP contribution in [0.25, 0.3) is 0 Å². The SMILES string of the molecule is Cc1nc(CN2CCN[C@@H](C)C2)oc1C.Cl. The molecule has 16 heavy (non-hydrogen) atoms. The second-order valence-corrected chi connectivity index (χ2v) is 4.34. The van der Waals surface area contributed by atoms with Gasteiger partial charge < -0.3 is 9.73 Å². The first-order valence-electron chi connectivity index (χ1n) is 5.54. The summed E-state index contributed by atoms with van der Waals surface area (Å²) in [5.41, 5.74) is 1.01. The van der Waals surface area contributed by atoms with Crippen LogP contribution < -0.4 is 5.32 Å². The van der Waals surface area contributed by atoms with Gasteiger partial charge in [-0.1, -0.05) is 0 Å². The quantitative estimate of drug-likeness (QED) is 0.858. The molecule has 0 aromatic carbocycles. The summed E-state index contributed by atoms with van der Waals surface area (Å²) >= 11 is 0. The number of nitrogens with one attached hydrogen (secondary N) is 1. The van der Waals surface area contributed by atoms with Crippen LogP contribution in [0, 0.1) is 13.8 Å². The van der Waals surface area contributed by atoms with Crippen LogP contribution in [-0.2, 0) is 6.54 Å². The highest BCUT2D eigenvalue weighted by molar-refractivity contribution is 5.85. The molecule has 1 fully saturated rings. The lowest BCUT2D eigenvalue weighted by molar-refractivity contribution is 0.183. The Morgan fingerprint density at radius 3 is 2.81 bits per heavy atom. The molecule has 0 unspecified atom stereocenters. The standard InChI is InChI=1S/C11H19N3O.ClH/c1-8-6-14(5-4-12-8)7-11-13-9(2)10(3)15-11;/h8,12H,4-7H2,1-3H3;1H/t8-;/m0./s1. The molecule has 0 aliphatic carbocycles. The molecule has 0 amide bonds. The molecule has 0 saturated carbocycles. The van der Waals surface area contributed by atoms with Crippen molar-refractivity contribution in [2.75, 3.05) is 19.6 Å². The third kappa shape index (κ3) is 3.20. The van der Waals surface area contributed by atoms with Crippen LogP contribution in [0.1, 0.15) is 24.3 Å². The predicted octanol–water partition coefficient (Wildman–Crippen LogP) is 1.51. The number of halogens is 1. The van der Waals surface area contributed by atoms with Gasteiger partial charge in [-0.25, -0.2) is 4.98 Å². The zero-order valence-electron chi connectivity index (χ0n) is 10.1. The average molecular weight is 246 g/mol. The first-order chi connectivity index (χ1) is 7.15. The molecule has 4 nitrogen and oxygen atoms in total. The summed E-state index contributed by atoms with van der Waals surface area (Å²) in [5, 5.41) is 3.42. The molecule has 0 radical (unpaired) electrons. The number of hydrogen-bond acceptors (Lipinski definition) is 4. The lowest BCUT2D eigenvalue weighted by Gasteiger charge is -2.30. The zero-order valence-corrected chi connectivity index (χ0v) is 10.9. The maximum absolute atomic E-state index is 5.58. The van der Waals surface area contributed by atoms with Crippen molar-refractivity contribution in [3.05, 3.63) is 17.3 Å². The highest BCUT2D eigenvalue weighted by atomic mass is 35.5. The fourth-order valence-corrected chi connectivity index (χ4v) is 1.95. The van der Waals surface area contributed by atoms with E-state index in [-0.39, 0.29) is 12.4 Å². The average Bonchev–Trinajstić information content (AvgIpc) is 2.45. The van der Waals surface area contributed by atoms with Gasteiger partial charge in [-0.2, -0.15) is 0 Å². The van der Waals surface area contributed by atoms with E-state index in [9.17, 15) is 0 Å². The van der Waals surface area contributed by atoms with E-state index in [1.807, 2.05) is 13.8 Å². The Hall–Kier alpha value is -0.580. The minimum atomic E-state index is 0. The van der Waals surface area contributed by atoms with Crippen LogP contribution in [-0.4, -0.2) is 35.6 Å². The molecular weight excluding hydrogens is 226 g/mol. The Balaban J connectivity index is 0.00000128. The summed E-state index contributed by atoms with van der Waals surface area (Å²) < 4.78 is 5.58. The van der Waals surface area contributed by atoms with Crippen LogP contribution in [0.2, 0.25) is 0 Å². The van der Waals surface area contributed by atoms with E-state index in [4.69, 9.17) is 4.42 Å². The molecule has 0 bridgehead atoms. The molecule has 1 aromatic rings. The Kier molecular flexibility index (Phi) is 4.77. The van der Waals surface area contributed by atoms with Gasteiger partial charge in [-0.05, 0) is 20.8 Å². The van der Waals surface area contributed by atoms with Gasteiger partial charge in [-0.3, -0.25) is 4.90 Å². The Labute approximate surface area is 103 Å². The van der Waals surface area contributed by atoms with Gasteiger partial charge in [0.1, 0.15) is 5.76 Å². The molecule has 1 aliphatic heterocycles. The number of rotatable bonds is 2. The third-order valence-electron chi connectivity index (χ3n) is 2.88. The van der Waals surface area contributed by atoms with Gasteiger partial charge in [0, 0.05) is 25.7 Å². The third-order valence-corrected chi connectivity index (χ3v) is 2.88. The molecule has 1 aromatic heterocycles. The van der Waals surface area contributed by atoms with Gasteiger partial charge >= 0.3 is 0 Å². The van der Waals surface area contributed by atoms with Gasteiger partial charge in [-0.15, -0.1) is 12.4 Å².